The molecule has 0 saturated carbocycles. The van der Waals surface area contributed by atoms with E-state index in [1.54, 1.807) is 0 Å². The fraction of sp³-hybridized carbons (Fsp3) is 0.150. The van der Waals surface area contributed by atoms with Gasteiger partial charge in [-0.1, -0.05) is 18.2 Å². The number of alkyl halides is 6. The first-order chi connectivity index (χ1) is 15.3. The van der Waals surface area contributed by atoms with Crippen molar-refractivity contribution in [2.75, 3.05) is 0 Å². The molecule has 0 aliphatic carbocycles. The quantitative estimate of drug-likeness (QED) is 0.541. The summed E-state index contributed by atoms with van der Waals surface area (Å²) in [6, 6.07) is 8.42. The van der Waals surface area contributed by atoms with E-state index in [0.717, 1.165) is 18.2 Å². The van der Waals surface area contributed by atoms with Crippen LogP contribution in [0.15, 0.2) is 70.7 Å². The van der Waals surface area contributed by atoms with E-state index in [1.165, 1.54) is 24.3 Å². The number of amides is 1. The Morgan fingerprint density at radius 2 is 1.42 bits per heavy atom. The van der Waals surface area contributed by atoms with Gasteiger partial charge in [-0.3, -0.25) is 4.79 Å². The van der Waals surface area contributed by atoms with Crippen molar-refractivity contribution >= 4 is 15.7 Å². The highest BCUT2D eigenvalue weighted by Gasteiger charge is 2.34. The first-order valence-electron chi connectivity index (χ1n) is 8.97. The van der Waals surface area contributed by atoms with Gasteiger partial charge in [-0.05, 0) is 35.9 Å². The Balaban J connectivity index is 1.77. The van der Waals surface area contributed by atoms with E-state index in [1.807, 2.05) is 0 Å². The molecule has 2 aromatic carbocycles. The monoisotopic (exact) mass is 489 g/mol. The summed E-state index contributed by atoms with van der Waals surface area (Å²) >= 11 is 0. The van der Waals surface area contributed by atoms with Crippen LogP contribution in [0.25, 0.3) is 0 Å². The molecule has 3 aromatic rings. The second-order valence-electron chi connectivity index (χ2n) is 6.65. The molecule has 1 heterocycles. The molecule has 0 saturated heterocycles. The second kappa shape index (κ2) is 8.81. The molecule has 1 N–H and O–H groups in total. The van der Waals surface area contributed by atoms with Gasteiger partial charge < -0.3 is 5.32 Å². The molecule has 0 bridgehead atoms. The van der Waals surface area contributed by atoms with Crippen LogP contribution in [0.4, 0.5) is 26.3 Å². The summed E-state index contributed by atoms with van der Waals surface area (Å²) in [5, 5.41) is 2.38. The van der Waals surface area contributed by atoms with Crippen LogP contribution in [0.3, 0.4) is 0 Å². The van der Waals surface area contributed by atoms with Gasteiger partial charge in [-0.15, -0.1) is 0 Å². The minimum absolute atomic E-state index is 0.216. The van der Waals surface area contributed by atoms with Gasteiger partial charge in [-0.2, -0.15) is 26.3 Å². The number of sulfone groups is 1. The number of benzene rings is 2. The van der Waals surface area contributed by atoms with Crippen molar-refractivity contribution in [2.45, 2.75) is 28.7 Å². The Hall–Kier alpha value is -3.48. The minimum Gasteiger partial charge on any atom is -0.348 e. The van der Waals surface area contributed by atoms with Crippen LogP contribution in [-0.2, 0) is 28.7 Å². The third kappa shape index (κ3) is 5.66. The van der Waals surface area contributed by atoms with Crippen molar-refractivity contribution < 1.29 is 39.6 Å². The maximum absolute atomic E-state index is 12.9. The largest absolute Gasteiger partial charge is 0.451 e. The van der Waals surface area contributed by atoms with Gasteiger partial charge in [0.1, 0.15) is 0 Å². The van der Waals surface area contributed by atoms with Crippen LogP contribution in [0.5, 0.6) is 0 Å². The van der Waals surface area contributed by atoms with E-state index >= 15 is 0 Å². The van der Waals surface area contributed by atoms with Crippen LogP contribution in [0.1, 0.15) is 27.3 Å². The zero-order valence-electron chi connectivity index (χ0n) is 16.3. The van der Waals surface area contributed by atoms with Crippen molar-refractivity contribution in [3.05, 3.63) is 83.4 Å². The van der Waals surface area contributed by atoms with Gasteiger partial charge in [0, 0.05) is 18.9 Å². The van der Waals surface area contributed by atoms with Gasteiger partial charge in [0.2, 0.25) is 15.7 Å². The summed E-state index contributed by atoms with van der Waals surface area (Å²) < 4.78 is 102. The Morgan fingerprint density at radius 1 is 0.848 bits per heavy atom. The van der Waals surface area contributed by atoms with Crippen molar-refractivity contribution in [2.24, 2.45) is 0 Å². The molecule has 1 aromatic heterocycles. The summed E-state index contributed by atoms with van der Waals surface area (Å²) in [7, 11) is -4.29. The summed E-state index contributed by atoms with van der Waals surface area (Å²) in [6.45, 7) is -0.216. The molecular formula is C20H13F6N3O3S. The SMILES string of the molecule is O=C(NCc1cccc(S(=O)(=O)c2cccc(C(F)(F)F)c2)c1)c1cnc(C(F)(F)F)nc1. The number of aromatic nitrogens is 2. The highest BCUT2D eigenvalue weighted by molar-refractivity contribution is 7.91. The van der Waals surface area contributed by atoms with E-state index in [-0.39, 0.29) is 22.6 Å². The molecule has 0 radical (unpaired) electrons. The summed E-state index contributed by atoms with van der Waals surface area (Å²) in [6.07, 6.45) is -8.10. The Bertz CT molecular complexity index is 1270. The average molecular weight is 489 g/mol. The fourth-order valence-corrected chi connectivity index (χ4v) is 4.05. The molecule has 33 heavy (non-hydrogen) atoms. The zero-order valence-corrected chi connectivity index (χ0v) is 17.1. The van der Waals surface area contributed by atoms with Gasteiger partial charge >= 0.3 is 12.4 Å². The molecular weight excluding hydrogens is 476 g/mol. The van der Waals surface area contributed by atoms with Gasteiger partial charge in [0.05, 0.1) is 20.9 Å². The highest BCUT2D eigenvalue weighted by atomic mass is 32.2. The average Bonchev–Trinajstić information content (AvgIpc) is 2.76. The van der Waals surface area contributed by atoms with E-state index in [2.05, 4.69) is 15.3 Å². The lowest BCUT2D eigenvalue weighted by Gasteiger charge is -2.11. The number of halogens is 6. The Labute approximate surface area is 183 Å². The Kier molecular flexibility index (Phi) is 6.45. The molecule has 6 nitrogen and oxygen atoms in total. The predicted octanol–water partition coefficient (Wildman–Crippen LogP) is 4.28. The van der Waals surface area contributed by atoms with Gasteiger partial charge in [0.25, 0.3) is 5.91 Å². The molecule has 0 unspecified atom stereocenters. The number of nitrogens with zero attached hydrogens (tertiary/aromatic N) is 2. The number of carbonyl (C=O) groups is 1. The third-order valence-corrected chi connectivity index (χ3v) is 6.05. The summed E-state index contributed by atoms with van der Waals surface area (Å²) in [4.78, 5) is 17.4. The number of carbonyl (C=O) groups excluding carboxylic acids is 1. The van der Waals surface area contributed by atoms with E-state index < -0.39 is 44.4 Å². The van der Waals surface area contributed by atoms with Crippen LogP contribution >= 0.6 is 0 Å². The lowest BCUT2D eigenvalue weighted by Crippen LogP contribution is -2.24. The molecule has 174 valence electrons. The van der Waals surface area contributed by atoms with Gasteiger partial charge in [-0.25, -0.2) is 18.4 Å². The van der Waals surface area contributed by atoms with Gasteiger partial charge in [0.15, 0.2) is 0 Å². The van der Waals surface area contributed by atoms with Crippen LogP contribution in [0.2, 0.25) is 0 Å². The molecule has 13 heteroatoms. The maximum Gasteiger partial charge on any atom is 0.451 e. The number of nitrogens with one attached hydrogen (secondary N) is 1. The fourth-order valence-electron chi connectivity index (χ4n) is 2.67. The number of rotatable bonds is 5. The summed E-state index contributed by atoms with van der Waals surface area (Å²) in [5.41, 5.74) is -1.09. The summed E-state index contributed by atoms with van der Waals surface area (Å²) in [5.74, 6) is -2.22. The van der Waals surface area contributed by atoms with E-state index in [0.29, 0.717) is 18.5 Å². The smallest absolute Gasteiger partial charge is 0.348 e. The van der Waals surface area contributed by atoms with Crippen molar-refractivity contribution in [3.8, 4) is 0 Å². The van der Waals surface area contributed by atoms with Crippen LogP contribution in [0, 0.1) is 0 Å². The lowest BCUT2D eigenvalue weighted by molar-refractivity contribution is -0.145. The molecule has 0 aliphatic heterocycles. The molecule has 1 amide bonds. The van der Waals surface area contributed by atoms with Crippen molar-refractivity contribution in [1.82, 2.24) is 15.3 Å². The molecule has 0 spiro atoms. The maximum atomic E-state index is 12.9. The standard InChI is InChI=1S/C20H13F6N3O3S/c21-19(22,23)14-4-2-6-16(8-14)33(31,32)15-5-1-3-12(7-15)9-27-17(30)13-10-28-18(29-11-13)20(24,25)26/h1-8,10-11H,9H2,(H,27,30). The van der Waals surface area contributed by atoms with E-state index in [9.17, 15) is 39.6 Å². The first kappa shape index (κ1) is 24.2. The highest BCUT2D eigenvalue weighted by Crippen LogP contribution is 2.32. The molecule has 0 aliphatic rings. The van der Waals surface area contributed by atoms with Crippen LogP contribution in [-0.4, -0.2) is 24.3 Å². The normalized spacial score (nSPS) is 12.4. The molecule has 0 atom stereocenters. The second-order valence-corrected chi connectivity index (χ2v) is 8.60. The number of hydrogen-bond donors (Lipinski definition) is 1. The third-order valence-electron chi connectivity index (χ3n) is 4.30. The topological polar surface area (TPSA) is 89.0 Å². The van der Waals surface area contributed by atoms with Crippen molar-refractivity contribution in [3.63, 3.8) is 0 Å². The predicted molar refractivity (Wildman–Crippen MR) is 102 cm³/mol. The Morgan fingerprint density at radius 3 is 2.00 bits per heavy atom. The van der Waals surface area contributed by atoms with Crippen molar-refractivity contribution in [1.29, 1.82) is 0 Å². The number of hydrogen-bond acceptors (Lipinski definition) is 5. The van der Waals surface area contributed by atoms with Crippen LogP contribution < -0.4 is 5.32 Å². The lowest BCUT2D eigenvalue weighted by atomic mass is 10.2. The minimum atomic E-state index is -4.76. The first-order valence-corrected chi connectivity index (χ1v) is 10.5. The molecule has 3 rings (SSSR count). The zero-order chi connectivity index (χ0) is 24.4. The van der Waals surface area contributed by atoms with E-state index in [4.69, 9.17) is 0 Å². The molecule has 0 fully saturated rings.